The number of likely N-dealkylation sites (N-methyl/N-ethyl adjacent to an activating group) is 1. The zero-order valence-electron chi connectivity index (χ0n) is 13.5. The van der Waals surface area contributed by atoms with E-state index >= 15 is 0 Å². The Kier molecular flexibility index (Phi) is 5.21. The number of rotatable bonds is 4. The molecule has 0 aromatic heterocycles. The summed E-state index contributed by atoms with van der Waals surface area (Å²) in [7, 11) is 1.71. The van der Waals surface area contributed by atoms with Crippen molar-refractivity contribution in [3.8, 4) is 0 Å². The summed E-state index contributed by atoms with van der Waals surface area (Å²) in [5.41, 5.74) is 2.33. The highest BCUT2D eigenvalue weighted by Crippen LogP contribution is 2.37. The zero-order chi connectivity index (χ0) is 18.8. The van der Waals surface area contributed by atoms with Gasteiger partial charge >= 0.3 is 0 Å². The molecule has 2 aromatic carbocycles. The molecule has 0 radical (unpaired) electrons. The molecule has 5 N–H and O–H groups in total. The minimum Gasteiger partial charge on any atom is -0.362 e. The summed E-state index contributed by atoms with van der Waals surface area (Å²) in [5.74, 6) is -2.95. The smallest absolute Gasteiger partial charge is 0.184 e. The van der Waals surface area contributed by atoms with Gasteiger partial charge in [0, 0.05) is 12.1 Å². The largest absolute Gasteiger partial charge is 0.362 e. The highest BCUT2D eigenvalue weighted by molar-refractivity contribution is 6.31. The predicted molar refractivity (Wildman–Crippen MR) is 93.8 cm³/mol. The zero-order valence-corrected chi connectivity index (χ0v) is 14.3. The van der Waals surface area contributed by atoms with Gasteiger partial charge in [0.1, 0.15) is 12.0 Å². The normalized spacial score (nSPS) is 16.1. The second kappa shape index (κ2) is 7.40. The van der Waals surface area contributed by atoms with Crippen molar-refractivity contribution in [1.29, 1.82) is 0 Å². The van der Waals surface area contributed by atoms with Gasteiger partial charge in [-0.05, 0) is 31.3 Å². The molecule has 1 aliphatic heterocycles. The number of benzene rings is 2. The van der Waals surface area contributed by atoms with Crippen LogP contribution in [0.5, 0.6) is 0 Å². The molecule has 0 amide bonds. The number of aliphatic imine (C=N–C) groups is 1. The second-order valence-corrected chi connectivity index (χ2v) is 5.95. The van der Waals surface area contributed by atoms with E-state index in [-0.39, 0.29) is 39.6 Å². The number of halogens is 4. The van der Waals surface area contributed by atoms with E-state index in [2.05, 4.69) is 20.9 Å². The van der Waals surface area contributed by atoms with E-state index < -0.39 is 17.5 Å². The Labute approximate surface area is 152 Å². The summed E-state index contributed by atoms with van der Waals surface area (Å²) < 4.78 is 41.4. The molecule has 10 heteroatoms. The Hall–Kier alpha value is -2.49. The Bertz CT molecular complexity index is 877. The van der Waals surface area contributed by atoms with Crippen LogP contribution in [-0.2, 0) is 0 Å². The molecule has 6 nitrogen and oxygen atoms in total. The first kappa shape index (κ1) is 18.3. The molecule has 3 rings (SSSR count). The number of anilines is 2. The van der Waals surface area contributed by atoms with Crippen LogP contribution in [0, 0.1) is 17.5 Å². The van der Waals surface area contributed by atoms with E-state index in [4.69, 9.17) is 11.6 Å². The Morgan fingerprint density at radius 1 is 1.19 bits per heavy atom. The van der Waals surface area contributed by atoms with E-state index in [0.717, 1.165) is 12.1 Å². The van der Waals surface area contributed by atoms with Gasteiger partial charge in [0.15, 0.2) is 17.5 Å². The third kappa shape index (κ3) is 3.41. The number of hydrogen-bond acceptors (Lipinski definition) is 5. The van der Waals surface area contributed by atoms with Crippen molar-refractivity contribution in [3.63, 3.8) is 0 Å². The summed E-state index contributed by atoms with van der Waals surface area (Å²) in [5, 5.41) is 18.0. The van der Waals surface area contributed by atoms with E-state index in [1.54, 1.807) is 7.05 Å². The van der Waals surface area contributed by atoms with Gasteiger partial charge in [-0.1, -0.05) is 11.6 Å². The van der Waals surface area contributed by atoms with E-state index in [1.165, 1.54) is 12.1 Å². The molecule has 2 aromatic rings. The molecule has 1 atom stereocenters. The average Bonchev–Trinajstić information content (AvgIpc) is 3.04. The molecule has 26 heavy (non-hydrogen) atoms. The Balaban J connectivity index is 2.07. The fourth-order valence-electron chi connectivity index (χ4n) is 2.62. The number of hydroxylamine groups is 1. The molecule has 0 saturated carbocycles. The molecule has 1 aliphatic rings. The van der Waals surface area contributed by atoms with Crippen LogP contribution in [0.25, 0.3) is 0 Å². The lowest BCUT2D eigenvalue weighted by Gasteiger charge is -2.12. The number of hydrogen-bond donors (Lipinski definition) is 5. The molecular formula is C16H15ClF3N5O. The minimum atomic E-state index is -1.11. The summed E-state index contributed by atoms with van der Waals surface area (Å²) in [6, 6.07) is 4.57. The molecule has 0 aliphatic carbocycles. The van der Waals surface area contributed by atoms with Crippen molar-refractivity contribution < 1.29 is 18.4 Å². The molecule has 138 valence electrons. The van der Waals surface area contributed by atoms with Crippen LogP contribution in [0.4, 0.5) is 30.2 Å². The molecule has 1 unspecified atom stereocenters. The van der Waals surface area contributed by atoms with Crippen LogP contribution in [0.1, 0.15) is 5.56 Å². The molecule has 0 bridgehead atoms. The SMILES string of the molecule is CNCC1Nc2c(C(=Nc3ccc(F)c(Cl)c3)NO)cc(F)c(F)c2N1. The van der Waals surface area contributed by atoms with Crippen LogP contribution in [0.3, 0.4) is 0 Å². The predicted octanol–water partition coefficient (Wildman–Crippen LogP) is 3.20. The number of fused-ring (bicyclic) bond motifs is 1. The topological polar surface area (TPSA) is 80.7 Å². The van der Waals surface area contributed by atoms with Crippen LogP contribution in [-0.4, -0.2) is 30.8 Å². The van der Waals surface area contributed by atoms with Gasteiger partial charge in [-0.25, -0.2) is 18.2 Å². The number of nitrogens with zero attached hydrogens (tertiary/aromatic N) is 1. The lowest BCUT2D eigenvalue weighted by Crippen LogP contribution is -2.33. The van der Waals surface area contributed by atoms with Crippen LogP contribution in [0.15, 0.2) is 29.3 Å². The lowest BCUT2D eigenvalue weighted by molar-refractivity contribution is 0.235. The van der Waals surface area contributed by atoms with Gasteiger partial charge in [0.25, 0.3) is 0 Å². The standard InChI is InChI=1S/C16H15ClF3N5O/c1-21-6-12-23-14-8(5-11(19)13(20)15(14)24-12)16(25-26)22-7-2-3-10(18)9(17)4-7/h2-5,12,21,23-24,26H,6H2,1H3,(H,22,25). The van der Waals surface area contributed by atoms with Crippen LogP contribution >= 0.6 is 11.6 Å². The maximum atomic E-state index is 14.1. The van der Waals surface area contributed by atoms with Gasteiger partial charge in [-0.3, -0.25) is 10.7 Å². The van der Waals surface area contributed by atoms with E-state index in [0.29, 0.717) is 6.54 Å². The first-order valence-electron chi connectivity index (χ1n) is 7.58. The number of nitrogens with one attached hydrogen (secondary N) is 4. The first-order chi connectivity index (χ1) is 12.4. The third-order valence-electron chi connectivity index (χ3n) is 3.77. The molecular weight excluding hydrogens is 371 g/mol. The number of amidine groups is 1. The first-order valence-corrected chi connectivity index (χ1v) is 7.96. The van der Waals surface area contributed by atoms with Gasteiger partial charge in [0.05, 0.1) is 22.1 Å². The Morgan fingerprint density at radius 2 is 1.92 bits per heavy atom. The van der Waals surface area contributed by atoms with Crippen LogP contribution in [0.2, 0.25) is 5.02 Å². The maximum Gasteiger partial charge on any atom is 0.184 e. The minimum absolute atomic E-state index is 0.0691. The van der Waals surface area contributed by atoms with Gasteiger partial charge in [-0.15, -0.1) is 0 Å². The molecule has 0 spiro atoms. The quantitative estimate of drug-likeness (QED) is 0.317. The molecule has 0 saturated heterocycles. The van der Waals surface area contributed by atoms with Crippen molar-refractivity contribution in [1.82, 2.24) is 10.8 Å². The van der Waals surface area contributed by atoms with E-state index in [1.807, 2.05) is 5.48 Å². The fourth-order valence-corrected chi connectivity index (χ4v) is 2.79. The van der Waals surface area contributed by atoms with Gasteiger partial charge < -0.3 is 16.0 Å². The maximum absolute atomic E-state index is 14.1. The monoisotopic (exact) mass is 385 g/mol. The Morgan fingerprint density at radius 3 is 2.58 bits per heavy atom. The highest BCUT2D eigenvalue weighted by atomic mass is 35.5. The van der Waals surface area contributed by atoms with Crippen molar-refractivity contribution in [2.45, 2.75) is 6.17 Å². The van der Waals surface area contributed by atoms with Crippen molar-refractivity contribution in [3.05, 3.63) is 52.3 Å². The lowest BCUT2D eigenvalue weighted by atomic mass is 10.1. The molecule has 1 heterocycles. The average molecular weight is 386 g/mol. The van der Waals surface area contributed by atoms with Crippen LogP contribution < -0.4 is 21.4 Å². The molecule has 0 fully saturated rings. The van der Waals surface area contributed by atoms with Crippen molar-refractivity contribution >= 4 is 34.5 Å². The van der Waals surface area contributed by atoms with E-state index in [9.17, 15) is 18.4 Å². The highest BCUT2D eigenvalue weighted by Gasteiger charge is 2.29. The van der Waals surface area contributed by atoms with Gasteiger partial charge in [-0.2, -0.15) is 0 Å². The second-order valence-electron chi connectivity index (χ2n) is 5.54. The third-order valence-corrected chi connectivity index (χ3v) is 4.06. The summed E-state index contributed by atoms with van der Waals surface area (Å²) in [6.07, 6.45) is -0.384. The summed E-state index contributed by atoms with van der Waals surface area (Å²) in [4.78, 5) is 4.10. The fraction of sp³-hybridized carbons (Fsp3) is 0.188. The van der Waals surface area contributed by atoms with Crippen molar-refractivity contribution in [2.75, 3.05) is 24.2 Å². The van der Waals surface area contributed by atoms with Gasteiger partial charge in [0.2, 0.25) is 0 Å². The van der Waals surface area contributed by atoms with Crippen molar-refractivity contribution in [2.24, 2.45) is 4.99 Å². The summed E-state index contributed by atoms with van der Waals surface area (Å²) >= 11 is 5.71. The summed E-state index contributed by atoms with van der Waals surface area (Å²) in [6.45, 7) is 0.432.